The van der Waals surface area contributed by atoms with Gasteiger partial charge < -0.3 is 25.0 Å². The third kappa shape index (κ3) is 9.44. The second-order valence-electron chi connectivity index (χ2n) is 8.28. The average molecular weight is 476 g/mol. The summed E-state index contributed by atoms with van der Waals surface area (Å²) < 4.78 is 9.93. The average Bonchev–Trinajstić information content (AvgIpc) is 3.10. The van der Waals surface area contributed by atoms with E-state index in [-0.39, 0.29) is 56.3 Å². The Balaban J connectivity index is 1.74. The Labute approximate surface area is 199 Å². The number of Topliss-reactive ketones (excluding diaryl/α,β-unsaturated/α-hetero) is 2. The minimum Gasteiger partial charge on any atom is -0.491 e. The number of rotatable bonds is 14. The van der Waals surface area contributed by atoms with Crippen LogP contribution in [0.4, 0.5) is 0 Å². The van der Waals surface area contributed by atoms with Crippen molar-refractivity contribution in [3.05, 3.63) is 42.5 Å². The van der Waals surface area contributed by atoms with Crippen LogP contribution < -0.4 is 10.1 Å². The maximum absolute atomic E-state index is 12.3. The Kier molecular flexibility index (Phi) is 11.4. The zero-order valence-electron chi connectivity index (χ0n) is 19.4. The van der Waals surface area contributed by atoms with E-state index in [0.717, 1.165) is 0 Å². The lowest BCUT2D eigenvalue weighted by Crippen LogP contribution is -2.29. The largest absolute Gasteiger partial charge is 0.491 e. The molecule has 0 heterocycles. The summed E-state index contributed by atoms with van der Waals surface area (Å²) in [4.78, 5) is 47.2. The number of carbonyl (C=O) groups excluding carboxylic acids is 4. The number of hydrogen-bond acceptors (Lipinski definition) is 8. The van der Waals surface area contributed by atoms with Crippen molar-refractivity contribution < 1.29 is 38.9 Å². The molecule has 0 bridgehead atoms. The molecule has 0 saturated heterocycles. The third-order valence-corrected chi connectivity index (χ3v) is 5.70. The van der Waals surface area contributed by atoms with Gasteiger partial charge in [-0.05, 0) is 25.0 Å². The number of benzene rings is 1. The first-order chi connectivity index (χ1) is 16.3. The molecule has 34 heavy (non-hydrogen) atoms. The maximum Gasteiger partial charge on any atom is 0.325 e. The zero-order valence-corrected chi connectivity index (χ0v) is 19.4. The van der Waals surface area contributed by atoms with Gasteiger partial charge in [-0.1, -0.05) is 30.4 Å². The Hall–Kier alpha value is -3.04. The lowest BCUT2D eigenvalue weighted by molar-refractivity contribution is -0.141. The highest BCUT2D eigenvalue weighted by Crippen LogP contribution is 2.34. The van der Waals surface area contributed by atoms with Crippen molar-refractivity contribution in [2.24, 2.45) is 11.8 Å². The molecule has 0 aliphatic heterocycles. The molecule has 186 valence electrons. The summed E-state index contributed by atoms with van der Waals surface area (Å²) in [5.74, 6) is -1.42. The van der Waals surface area contributed by atoms with Gasteiger partial charge in [0.2, 0.25) is 5.91 Å². The highest BCUT2D eigenvalue weighted by molar-refractivity contribution is 5.86. The summed E-state index contributed by atoms with van der Waals surface area (Å²) in [6.07, 6.45) is 2.50. The van der Waals surface area contributed by atoms with Crippen LogP contribution in [0.3, 0.4) is 0 Å². The number of esters is 1. The minimum atomic E-state index is -0.907. The summed E-state index contributed by atoms with van der Waals surface area (Å²) in [6, 6.07) is 9.06. The van der Waals surface area contributed by atoms with Crippen molar-refractivity contribution in [1.82, 2.24) is 5.32 Å². The Morgan fingerprint density at radius 1 is 1.18 bits per heavy atom. The number of aliphatic hydroxyl groups is 2. The van der Waals surface area contributed by atoms with E-state index in [1.165, 1.54) is 13.2 Å². The van der Waals surface area contributed by atoms with Crippen LogP contribution in [0, 0.1) is 11.8 Å². The lowest BCUT2D eigenvalue weighted by atomic mass is 9.88. The Bertz CT molecular complexity index is 854. The highest BCUT2D eigenvalue weighted by Gasteiger charge is 2.39. The summed E-state index contributed by atoms with van der Waals surface area (Å²) in [5.41, 5.74) is 0. The topological polar surface area (TPSA) is 139 Å². The number of amides is 1. The van der Waals surface area contributed by atoms with Crippen LogP contribution in [0.25, 0.3) is 0 Å². The number of methoxy groups -OCH3 is 1. The zero-order chi connectivity index (χ0) is 24.9. The molecule has 0 aromatic heterocycles. The second kappa shape index (κ2) is 14.3. The van der Waals surface area contributed by atoms with E-state index in [4.69, 9.17) is 4.74 Å². The molecule has 2 unspecified atom stereocenters. The number of para-hydroxylation sites is 1. The van der Waals surface area contributed by atoms with Crippen LogP contribution in [0.15, 0.2) is 42.5 Å². The number of ether oxygens (including phenoxy) is 2. The molecule has 0 spiro atoms. The normalized spacial score (nSPS) is 20.8. The standard InChI is InChI=1S/C25H33NO8/c1-33-25(32)15-26-24(31)9-5-6-17(27)10-12-20-21(23(30)14-22(20)29)13-11-18(28)16-34-19-7-3-2-4-8-19/h2-4,7-8,11,13,18,20-21,23,28,30H,5-6,9-10,12,14-16H2,1H3,(H,26,31)/b13-11+/t18?,20-,21-,23?/m1/s1. The molecular formula is C25H33NO8. The molecule has 4 atom stereocenters. The van der Waals surface area contributed by atoms with Gasteiger partial charge >= 0.3 is 5.97 Å². The number of hydrogen-bond donors (Lipinski definition) is 3. The first kappa shape index (κ1) is 27.2. The van der Waals surface area contributed by atoms with E-state index < -0.39 is 30.0 Å². The quantitative estimate of drug-likeness (QED) is 0.271. The predicted molar refractivity (Wildman–Crippen MR) is 123 cm³/mol. The van der Waals surface area contributed by atoms with Gasteiger partial charge in [0.25, 0.3) is 0 Å². The molecule has 2 rings (SSSR count). The van der Waals surface area contributed by atoms with Crippen LogP contribution in [0.5, 0.6) is 5.75 Å². The summed E-state index contributed by atoms with van der Waals surface area (Å²) >= 11 is 0. The molecule has 3 N–H and O–H groups in total. The van der Waals surface area contributed by atoms with E-state index in [2.05, 4.69) is 10.1 Å². The molecule has 1 aliphatic carbocycles. The molecule has 9 heteroatoms. The van der Waals surface area contributed by atoms with Crippen LogP contribution in [0.1, 0.15) is 38.5 Å². The number of nitrogens with one attached hydrogen (secondary N) is 1. The van der Waals surface area contributed by atoms with Crippen LogP contribution in [0.2, 0.25) is 0 Å². The monoisotopic (exact) mass is 475 g/mol. The Morgan fingerprint density at radius 2 is 1.91 bits per heavy atom. The maximum atomic E-state index is 12.3. The van der Waals surface area contributed by atoms with E-state index in [1.807, 2.05) is 18.2 Å². The van der Waals surface area contributed by atoms with Crippen molar-refractivity contribution in [2.45, 2.75) is 50.7 Å². The molecule has 1 amide bonds. The third-order valence-electron chi connectivity index (χ3n) is 5.70. The fraction of sp³-hybridized carbons (Fsp3) is 0.520. The van der Waals surface area contributed by atoms with E-state index in [1.54, 1.807) is 18.2 Å². The predicted octanol–water partition coefficient (Wildman–Crippen LogP) is 1.36. The van der Waals surface area contributed by atoms with Gasteiger partial charge in [0.15, 0.2) is 0 Å². The number of ketones is 2. The van der Waals surface area contributed by atoms with E-state index in [9.17, 15) is 29.4 Å². The van der Waals surface area contributed by atoms with Crippen molar-refractivity contribution in [3.8, 4) is 5.75 Å². The van der Waals surface area contributed by atoms with Gasteiger partial charge in [-0.3, -0.25) is 19.2 Å². The lowest BCUT2D eigenvalue weighted by Gasteiger charge is -2.18. The molecule has 1 aliphatic rings. The molecule has 1 aromatic carbocycles. The van der Waals surface area contributed by atoms with Gasteiger partial charge in [0.1, 0.15) is 36.6 Å². The van der Waals surface area contributed by atoms with Crippen molar-refractivity contribution in [2.75, 3.05) is 20.3 Å². The molecule has 1 saturated carbocycles. The second-order valence-corrected chi connectivity index (χ2v) is 8.28. The van der Waals surface area contributed by atoms with E-state index >= 15 is 0 Å². The Morgan fingerprint density at radius 3 is 2.62 bits per heavy atom. The smallest absolute Gasteiger partial charge is 0.325 e. The SMILES string of the molecule is COC(=O)CNC(=O)CCCC(=O)CC[C@H]1C(=O)CC(O)[C@@H]1/C=C/C(O)COc1ccccc1. The van der Waals surface area contributed by atoms with Gasteiger partial charge in [-0.15, -0.1) is 0 Å². The first-order valence-corrected chi connectivity index (χ1v) is 11.4. The van der Waals surface area contributed by atoms with Crippen LogP contribution in [-0.4, -0.2) is 66.1 Å². The number of carbonyl (C=O) groups is 4. The fourth-order valence-corrected chi connectivity index (χ4v) is 3.82. The van der Waals surface area contributed by atoms with E-state index in [0.29, 0.717) is 18.6 Å². The summed E-state index contributed by atoms with van der Waals surface area (Å²) in [6.45, 7) is -0.176. The molecule has 1 fully saturated rings. The first-order valence-electron chi connectivity index (χ1n) is 11.4. The van der Waals surface area contributed by atoms with Gasteiger partial charge in [0.05, 0.1) is 13.2 Å². The van der Waals surface area contributed by atoms with Crippen molar-refractivity contribution in [1.29, 1.82) is 0 Å². The van der Waals surface area contributed by atoms with Crippen molar-refractivity contribution >= 4 is 23.4 Å². The molecular weight excluding hydrogens is 442 g/mol. The van der Waals surface area contributed by atoms with Gasteiger partial charge in [0, 0.05) is 37.5 Å². The molecule has 1 aromatic rings. The fourth-order valence-electron chi connectivity index (χ4n) is 3.82. The van der Waals surface area contributed by atoms with Gasteiger partial charge in [-0.25, -0.2) is 0 Å². The van der Waals surface area contributed by atoms with Gasteiger partial charge in [-0.2, -0.15) is 0 Å². The highest BCUT2D eigenvalue weighted by atomic mass is 16.5. The summed E-state index contributed by atoms with van der Waals surface area (Å²) in [5, 5.41) is 22.8. The molecule has 9 nitrogen and oxygen atoms in total. The molecule has 0 radical (unpaired) electrons. The minimum absolute atomic E-state index is 0.0187. The van der Waals surface area contributed by atoms with Crippen LogP contribution >= 0.6 is 0 Å². The van der Waals surface area contributed by atoms with Crippen LogP contribution in [-0.2, 0) is 23.9 Å². The summed E-state index contributed by atoms with van der Waals surface area (Å²) in [7, 11) is 1.23. The number of aliphatic hydroxyl groups excluding tert-OH is 2. The van der Waals surface area contributed by atoms with Crippen molar-refractivity contribution in [3.63, 3.8) is 0 Å².